The van der Waals surface area contributed by atoms with Gasteiger partial charge in [0, 0.05) is 29.7 Å². The third kappa shape index (κ3) is 2.56. The molecular weight excluding hydrogens is 236 g/mol. The lowest BCUT2D eigenvalue weighted by Gasteiger charge is -2.13. The van der Waals surface area contributed by atoms with E-state index in [1.807, 2.05) is 31.7 Å². The normalized spacial score (nSPS) is 12.8. The van der Waals surface area contributed by atoms with Gasteiger partial charge in [0.2, 0.25) is 0 Å². The van der Waals surface area contributed by atoms with Gasteiger partial charge in [-0.25, -0.2) is 0 Å². The average molecular weight is 258 g/mol. The largest absolute Gasteiger partial charge is 0.350 e. The molecular formula is C16H22N2O. The molecule has 0 radical (unpaired) electrons. The molecule has 1 atom stereocenters. The van der Waals surface area contributed by atoms with Crippen molar-refractivity contribution in [3.8, 4) is 0 Å². The summed E-state index contributed by atoms with van der Waals surface area (Å²) in [5.41, 5.74) is 3.12. The molecule has 1 heterocycles. The van der Waals surface area contributed by atoms with Crippen LogP contribution in [0.4, 0.5) is 0 Å². The van der Waals surface area contributed by atoms with E-state index < -0.39 is 0 Å². The number of ketones is 1. The Morgan fingerprint density at radius 1 is 1.37 bits per heavy atom. The summed E-state index contributed by atoms with van der Waals surface area (Å²) in [5, 5.41) is 4.32. The van der Waals surface area contributed by atoms with Gasteiger partial charge in [0.05, 0.1) is 6.04 Å². The molecule has 0 aliphatic rings. The van der Waals surface area contributed by atoms with Crippen molar-refractivity contribution in [2.45, 2.75) is 33.2 Å². The summed E-state index contributed by atoms with van der Waals surface area (Å²) in [5.74, 6) is 0.195. The van der Waals surface area contributed by atoms with Crippen molar-refractivity contribution in [3.63, 3.8) is 0 Å². The van der Waals surface area contributed by atoms with Gasteiger partial charge < -0.3 is 9.88 Å². The minimum Gasteiger partial charge on any atom is -0.350 e. The van der Waals surface area contributed by atoms with E-state index >= 15 is 0 Å². The Balaban J connectivity index is 2.50. The number of benzene rings is 1. The second-order valence-corrected chi connectivity index (χ2v) is 5.06. The summed E-state index contributed by atoms with van der Waals surface area (Å²) in [4.78, 5) is 12.6. The summed E-state index contributed by atoms with van der Waals surface area (Å²) in [6.07, 6.45) is 2.77. The van der Waals surface area contributed by atoms with Crippen LogP contribution in [0, 0.1) is 6.92 Å². The number of likely N-dealkylation sites (N-methyl/N-ethyl adjacent to an activating group) is 1. The van der Waals surface area contributed by atoms with Crippen LogP contribution in [-0.2, 0) is 7.05 Å². The van der Waals surface area contributed by atoms with Gasteiger partial charge in [0.1, 0.15) is 0 Å². The van der Waals surface area contributed by atoms with Crippen LogP contribution in [-0.4, -0.2) is 22.9 Å². The number of aromatic nitrogens is 1. The highest BCUT2D eigenvalue weighted by Crippen LogP contribution is 2.23. The molecule has 1 aromatic heterocycles. The molecule has 1 aromatic carbocycles. The Morgan fingerprint density at radius 2 is 2.11 bits per heavy atom. The van der Waals surface area contributed by atoms with Gasteiger partial charge in [-0.3, -0.25) is 4.79 Å². The van der Waals surface area contributed by atoms with Crippen LogP contribution in [0.3, 0.4) is 0 Å². The lowest BCUT2D eigenvalue weighted by atomic mass is 10.0. The highest BCUT2D eigenvalue weighted by atomic mass is 16.1. The molecule has 0 bridgehead atoms. The maximum Gasteiger partial charge on any atom is 0.181 e. The topological polar surface area (TPSA) is 34.0 Å². The first-order valence-electron chi connectivity index (χ1n) is 6.91. The molecule has 3 heteroatoms. The van der Waals surface area contributed by atoms with Crippen LogP contribution < -0.4 is 5.32 Å². The third-order valence-electron chi connectivity index (χ3n) is 3.59. The summed E-state index contributed by atoms with van der Waals surface area (Å²) in [6, 6.07) is 6.17. The van der Waals surface area contributed by atoms with E-state index in [2.05, 4.69) is 30.4 Å². The Bertz CT molecular complexity index is 598. The highest BCUT2D eigenvalue weighted by Gasteiger charge is 2.21. The van der Waals surface area contributed by atoms with Crippen LogP contribution in [0.2, 0.25) is 0 Å². The zero-order valence-corrected chi connectivity index (χ0v) is 12.2. The number of rotatable bonds is 5. The van der Waals surface area contributed by atoms with Crippen molar-refractivity contribution in [1.29, 1.82) is 0 Å². The van der Waals surface area contributed by atoms with E-state index in [1.165, 1.54) is 5.56 Å². The van der Waals surface area contributed by atoms with Gasteiger partial charge in [-0.15, -0.1) is 0 Å². The lowest BCUT2D eigenvalue weighted by molar-refractivity contribution is 0.0943. The molecule has 0 saturated heterocycles. The number of nitrogens with zero attached hydrogens (tertiary/aromatic N) is 1. The number of fused-ring (bicyclic) bond motifs is 1. The average Bonchev–Trinajstić information content (AvgIpc) is 2.72. The number of carbonyl (C=O) groups is 1. The number of hydrogen-bond acceptors (Lipinski definition) is 2. The molecule has 19 heavy (non-hydrogen) atoms. The van der Waals surface area contributed by atoms with Gasteiger partial charge in [-0.05, 0) is 32.0 Å². The predicted molar refractivity (Wildman–Crippen MR) is 79.7 cm³/mol. The van der Waals surface area contributed by atoms with E-state index in [1.54, 1.807) is 0 Å². The minimum absolute atomic E-state index is 0.0869. The monoisotopic (exact) mass is 258 g/mol. The van der Waals surface area contributed by atoms with Crippen molar-refractivity contribution in [1.82, 2.24) is 9.88 Å². The lowest BCUT2D eigenvalue weighted by Crippen LogP contribution is -2.35. The van der Waals surface area contributed by atoms with Crippen molar-refractivity contribution in [3.05, 3.63) is 35.5 Å². The van der Waals surface area contributed by atoms with E-state index in [-0.39, 0.29) is 11.8 Å². The zero-order valence-electron chi connectivity index (χ0n) is 12.2. The van der Waals surface area contributed by atoms with Crippen LogP contribution in [0.15, 0.2) is 24.4 Å². The Hall–Kier alpha value is -1.61. The fourth-order valence-electron chi connectivity index (χ4n) is 2.56. The van der Waals surface area contributed by atoms with Crippen molar-refractivity contribution >= 4 is 16.7 Å². The van der Waals surface area contributed by atoms with Crippen molar-refractivity contribution in [2.24, 2.45) is 7.05 Å². The Kier molecular flexibility index (Phi) is 4.05. The molecule has 2 aromatic rings. The smallest absolute Gasteiger partial charge is 0.181 e. The summed E-state index contributed by atoms with van der Waals surface area (Å²) >= 11 is 0. The van der Waals surface area contributed by atoms with Crippen LogP contribution in [0.1, 0.15) is 36.2 Å². The van der Waals surface area contributed by atoms with E-state index in [0.717, 1.165) is 29.4 Å². The fourth-order valence-corrected chi connectivity index (χ4v) is 2.56. The van der Waals surface area contributed by atoms with E-state index in [9.17, 15) is 4.79 Å². The maximum atomic E-state index is 12.6. The van der Waals surface area contributed by atoms with Gasteiger partial charge in [0.25, 0.3) is 0 Å². The molecule has 0 spiro atoms. The quantitative estimate of drug-likeness (QED) is 0.836. The second kappa shape index (κ2) is 5.57. The van der Waals surface area contributed by atoms with Crippen molar-refractivity contribution in [2.75, 3.05) is 6.54 Å². The molecule has 3 nitrogen and oxygen atoms in total. The highest BCUT2D eigenvalue weighted by molar-refractivity contribution is 6.10. The summed E-state index contributed by atoms with van der Waals surface area (Å²) < 4.78 is 2.03. The van der Waals surface area contributed by atoms with Crippen LogP contribution in [0.5, 0.6) is 0 Å². The Labute approximate surface area is 114 Å². The van der Waals surface area contributed by atoms with Crippen LogP contribution in [0.25, 0.3) is 10.9 Å². The molecule has 1 N–H and O–H groups in total. The van der Waals surface area contributed by atoms with Gasteiger partial charge >= 0.3 is 0 Å². The van der Waals surface area contributed by atoms with Gasteiger partial charge in [-0.2, -0.15) is 0 Å². The number of nitrogens with one attached hydrogen (secondary N) is 1. The molecule has 0 aliphatic heterocycles. The molecule has 0 saturated carbocycles. The van der Waals surface area contributed by atoms with E-state index in [0.29, 0.717) is 0 Å². The second-order valence-electron chi connectivity index (χ2n) is 5.06. The summed E-state index contributed by atoms with van der Waals surface area (Å²) in [7, 11) is 1.99. The fraction of sp³-hybridized carbons (Fsp3) is 0.438. The first kappa shape index (κ1) is 13.8. The molecule has 102 valence electrons. The van der Waals surface area contributed by atoms with Gasteiger partial charge in [-0.1, -0.05) is 25.5 Å². The molecule has 0 fully saturated rings. The Morgan fingerprint density at radius 3 is 2.74 bits per heavy atom. The van der Waals surface area contributed by atoms with Gasteiger partial charge in [0.15, 0.2) is 5.78 Å². The number of Topliss-reactive ketones (excluding diaryl/α,β-unsaturated/α-hetero) is 1. The maximum absolute atomic E-state index is 12.6. The number of carbonyl (C=O) groups excluding carboxylic acids is 1. The summed E-state index contributed by atoms with van der Waals surface area (Å²) in [6.45, 7) is 6.95. The zero-order chi connectivity index (χ0) is 14.0. The standard InChI is InChI=1S/C16H22N2O/c1-5-14(17-6-2)16(19)13-10-18(4)15-8-7-11(3)9-12(13)15/h7-10,14,17H,5-6H2,1-4H3. The molecule has 0 aliphatic carbocycles. The predicted octanol–water partition coefficient (Wildman–Crippen LogP) is 3.06. The third-order valence-corrected chi connectivity index (χ3v) is 3.59. The number of aryl methyl sites for hydroxylation is 2. The minimum atomic E-state index is -0.0869. The number of hydrogen-bond donors (Lipinski definition) is 1. The van der Waals surface area contributed by atoms with Crippen LogP contribution >= 0.6 is 0 Å². The first-order valence-corrected chi connectivity index (χ1v) is 6.91. The van der Waals surface area contributed by atoms with Crippen molar-refractivity contribution < 1.29 is 4.79 Å². The molecule has 0 amide bonds. The molecule has 2 rings (SSSR count). The van der Waals surface area contributed by atoms with E-state index in [4.69, 9.17) is 0 Å². The molecule has 1 unspecified atom stereocenters. The first-order chi connectivity index (χ1) is 9.08. The SMILES string of the molecule is CCNC(CC)C(=O)c1cn(C)c2ccc(C)cc12.